The Morgan fingerprint density at radius 2 is 1.79 bits per heavy atom. The zero-order chi connectivity index (χ0) is 31.6. The summed E-state index contributed by atoms with van der Waals surface area (Å²) in [6.45, 7) is 4.38. The van der Waals surface area contributed by atoms with E-state index in [4.69, 9.17) is 11.1 Å². The van der Waals surface area contributed by atoms with Gasteiger partial charge in [-0.1, -0.05) is 13.8 Å². The molecule has 0 saturated carbocycles. The highest BCUT2D eigenvalue weighted by molar-refractivity contribution is 6.21. The molecule has 14 heteroatoms. The van der Waals surface area contributed by atoms with Crippen LogP contribution in [0.4, 0.5) is 14.9 Å². The van der Waals surface area contributed by atoms with E-state index in [0.29, 0.717) is 24.3 Å². The molecule has 0 fully saturated rings. The van der Waals surface area contributed by atoms with Gasteiger partial charge in [0.1, 0.15) is 22.7 Å². The number of halogens is 1. The van der Waals surface area contributed by atoms with Crippen LogP contribution in [0.15, 0.2) is 58.4 Å². The molecule has 2 heterocycles. The van der Waals surface area contributed by atoms with Crippen molar-refractivity contribution < 1.29 is 29.6 Å². The number of hydrogen-bond acceptors (Lipinski definition) is 6. The number of carbonyl (C=O) groups is 2. The van der Waals surface area contributed by atoms with Crippen LogP contribution >= 0.6 is 0 Å². The number of anilines is 1. The van der Waals surface area contributed by atoms with Gasteiger partial charge in [0.2, 0.25) is 11.7 Å². The number of likely N-dealkylation sites (N-methyl/N-ethyl adjacent to an activating group) is 1. The molecule has 7 N–H and O–H groups in total. The summed E-state index contributed by atoms with van der Waals surface area (Å²) >= 11 is 0. The molecule has 43 heavy (non-hydrogen) atoms. The van der Waals surface area contributed by atoms with Gasteiger partial charge in [-0.15, -0.1) is 4.90 Å². The van der Waals surface area contributed by atoms with Crippen molar-refractivity contribution in [2.45, 2.75) is 39.3 Å². The molecule has 0 bridgehead atoms. The maximum absolute atomic E-state index is 13.5. The largest absolute Gasteiger partial charge is 0.508 e. The summed E-state index contributed by atoms with van der Waals surface area (Å²) in [5, 5.41) is 27.8. The van der Waals surface area contributed by atoms with Crippen molar-refractivity contribution in [3.05, 3.63) is 86.6 Å². The van der Waals surface area contributed by atoms with Crippen molar-refractivity contribution in [1.29, 1.82) is 0 Å². The van der Waals surface area contributed by atoms with Crippen LogP contribution in [0.2, 0.25) is 0 Å². The smallest absolute Gasteiger partial charge is 0.411 e. The van der Waals surface area contributed by atoms with Gasteiger partial charge in [0.05, 0.1) is 6.20 Å². The van der Waals surface area contributed by atoms with Crippen molar-refractivity contribution in [3.8, 4) is 11.5 Å². The maximum Gasteiger partial charge on any atom is 0.411 e. The first-order valence-corrected chi connectivity index (χ1v) is 13.4. The van der Waals surface area contributed by atoms with Crippen molar-refractivity contribution in [1.82, 2.24) is 19.0 Å². The zero-order valence-corrected chi connectivity index (χ0v) is 23.9. The van der Waals surface area contributed by atoms with Crippen LogP contribution in [-0.4, -0.2) is 60.6 Å². The first kappa shape index (κ1) is 30.6. The zero-order valence-electron chi connectivity index (χ0n) is 23.9. The monoisotopic (exact) mass is 594 g/mol. The van der Waals surface area contributed by atoms with Crippen LogP contribution < -0.4 is 27.3 Å². The fourth-order valence-corrected chi connectivity index (χ4v) is 4.73. The number of amidine groups is 1. The highest BCUT2D eigenvalue weighted by atomic mass is 19.1. The second-order valence-corrected chi connectivity index (χ2v) is 10.4. The van der Waals surface area contributed by atoms with Gasteiger partial charge in [-0.3, -0.25) is 24.5 Å². The summed E-state index contributed by atoms with van der Waals surface area (Å²) in [6.07, 6.45) is 2.52. The predicted molar refractivity (Wildman–Crippen MR) is 157 cm³/mol. The lowest BCUT2D eigenvalue weighted by molar-refractivity contribution is -0.130. The Balaban J connectivity index is 1.48. The fraction of sp³-hybridized carbons (Fsp3) is 0.276. The van der Waals surface area contributed by atoms with Gasteiger partial charge in [0.15, 0.2) is 0 Å². The number of phenols is 2. The van der Waals surface area contributed by atoms with Gasteiger partial charge in [0.25, 0.3) is 11.4 Å². The van der Waals surface area contributed by atoms with E-state index in [1.54, 1.807) is 25.2 Å². The number of benzene rings is 2. The summed E-state index contributed by atoms with van der Waals surface area (Å²) in [7, 11) is 1.61. The second-order valence-electron chi connectivity index (χ2n) is 10.4. The lowest BCUT2D eigenvalue weighted by Crippen LogP contribution is -2.55. The van der Waals surface area contributed by atoms with Crippen LogP contribution in [0, 0.1) is 5.82 Å². The van der Waals surface area contributed by atoms with Crippen molar-refractivity contribution in [3.63, 3.8) is 0 Å². The lowest BCUT2D eigenvalue weighted by Gasteiger charge is -2.18. The molecule has 2 aromatic heterocycles. The van der Waals surface area contributed by atoms with Gasteiger partial charge < -0.3 is 25.4 Å². The van der Waals surface area contributed by atoms with Gasteiger partial charge in [-0.25, -0.2) is 9.59 Å². The molecule has 3 amide bonds. The Hall–Kier alpha value is -5.40. The second kappa shape index (κ2) is 12.2. The third-order valence-electron chi connectivity index (χ3n) is 7.15. The number of aromatic amines is 1. The number of H-pyrrole nitrogens is 1. The molecular formula is C29H33FN7O6+. The van der Waals surface area contributed by atoms with E-state index < -0.39 is 23.1 Å². The predicted octanol–water partition coefficient (Wildman–Crippen LogP) is 0.805. The molecule has 2 aromatic carbocycles. The normalized spacial score (nSPS) is 11.2. The van der Waals surface area contributed by atoms with E-state index >= 15 is 0 Å². The number of nitrogens with zero attached hydrogens (tertiary/aromatic N) is 4. The molecule has 0 unspecified atom stereocenters. The summed E-state index contributed by atoms with van der Waals surface area (Å²) in [6, 6.07) is 8.76. The van der Waals surface area contributed by atoms with Crippen molar-refractivity contribution >= 4 is 34.4 Å². The molecule has 0 radical (unpaired) electrons. The Labute approximate surface area is 244 Å². The Morgan fingerprint density at radius 1 is 1.07 bits per heavy atom. The first-order valence-electron chi connectivity index (χ1n) is 13.4. The first-order chi connectivity index (χ1) is 20.3. The topological polar surface area (TPSA) is 192 Å². The molecule has 0 spiro atoms. The SMILES string of the molecule is CC(C)c1cc(C(=[NH2+])N(C(N)=O)c2ccc3c(ccn3CCN(C)C(=O)CCn3cc(F)c(=O)[nH]c3=O)c2)c(O)cc1O. The lowest BCUT2D eigenvalue weighted by atomic mass is 9.98. The third-order valence-corrected chi connectivity index (χ3v) is 7.15. The highest BCUT2D eigenvalue weighted by Crippen LogP contribution is 2.33. The van der Waals surface area contributed by atoms with Crippen LogP contribution in [0.1, 0.15) is 37.3 Å². The molecule has 226 valence electrons. The average molecular weight is 595 g/mol. The fourth-order valence-electron chi connectivity index (χ4n) is 4.73. The average Bonchev–Trinajstić information content (AvgIpc) is 3.34. The van der Waals surface area contributed by atoms with E-state index in [2.05, 4.69) is 0 Å². The molecule has 0 aliphatic rings. The Kier molecular flexibility index (Phi) is 8.69. The molecular weight excluding hydrogens is 561 g/mol. The Bertz CT molecular complexity index is 1840. The van der Waals surface area contributed by atoms with E-state index in [0.717, 1.165) is 26.6 Å². The number of phenolic OH excluding ortho intramolecular Hbond substituents is 2. The number of carbonyl (C=O) groups excluding carboxylic acids is 2. The number of primary amides is 1. The number of aromatic hydroxyl groups is 2. The minimum Gasteiger partial charge on any atom is -0.508 e. The number of urea groups is 1. The number of hydrogen-bond donors (Lipinski definition) is 5. The number of nitrogens with one attached hydrogen (secondary N) is 1. The molecule has 0 aliphatic heterocycles. The van der Waals surface area contributed by atoms with Crippen molar-refractivity contribution in [2.24, 2.45) is 5.73 Å². The van der Waals surface area contributed by atoms with Crippen LogP contribution in [0.5, 0.6) is 11.5 Å². The highest BCUT2D eigenvalue weighted by Gasteiger charge is 2.31. The molecule has 4 rings (SSSR count). The van der Waals surface area contributed by atoms with Crippen molar-refractivity contribution in [2.75, 3.05) is 18.5 Å². The van der Waals surface area contributed by atoms with Crippen LogP contribution in [0.3, 0.4) is 0 Å². The van der Waals surface area contributed by atoms with Gasteiger partial charge in [-0.2, -0.15) is 4.39 Å². The van der Waals surface area contributed by atoms with E-state index in [-0.39, 0.29) is 47.7 Å². The van der Waals surface area contributed by atoms with Crippen LogP contribution in [-0.2, 0) is 17.9 Å². The molecule has 0 atom stereocenters. The molecule has 0 aliphatic carbocycles. The summed E-state index contributed by atoms with van der Waals surface area (Å²) in [5.74, 6) is -1.99. The van der Waals surface area contributed by atoms with E-state index in [1.807, 2.05) is 35.7 Å². The van der Waals surface area contributed by atoms with E-state index in [1.165, 1.54) is 17.0 Å². The minimum absolute atomic E-state index is 0.0756. The summed E-state index contributed by atoms with van der Waals surface area (Å²) < 4.78 is 16.3. The number of nitrogens with two attached hydrogens (primary N) is 2. The third kappa shape index (κ3) is 6.42. The number of rotatable bonds is 9. The Morgan fingerprint density at radius 3 is 2.47 bits per heavy atom. The minimum atomic E-state index is -1.11. The number of aromatic nitrogens is 3. The van der Waals surface area contributed by atoms with Gasteiger partial charge in [-0.05, 0) is 41.8 Å². The standard InChI is InChI=1S/C29H32FN7O6/c1-16(2)19-13-20(24(39)14-23(19)38)26(31)37(28(32)42)18-4-5-22-17(12-18)6-8-35(22)11-10-34(3)25(40)7-9-36-15-21(30)27(41)33-29(36)43/h4-6,8,12-16,31,38-39H,7,9-11H2,1-3H3,(H2,32,42)(H,33,41,43)/p+1. The quantitative estimate of drug-likeness (QED) is 0.141. The number of fused-ring (bicyclic) bond motifs is 1. The van der Waals surface area contributed by atoms with E-state index in [9.17, 15) is 33.8 Å². The molecule has 0 saturated heterocycles. The summed E-state index contributed by atoms with van der Waals surface area (Å²) in [5.41, 5.74) is 5.61. The maximum atomic E-state index is 13.5. The summed E-state index contributed by atoms with van der Waals surface area (Å²) in [4.78, 5) is 52.5. The van der Waals surface area contributed by atoms with Gasteiger partial charge >= 0.3 is 11.7 Å². The number of aryl methyl sites for hydroxylation is 1. The molecule has 4 aromatic rings. The molecule has 13 nitrogen and oxygen atoms in total. The number of amides is 3. The van der Waals surface area contributed by atoms with Crippen LogP contribution in [0.25, 0.3) is 10.9 Å². The van der Waals surface area contributed by atoms with Gasteiger partial charge in [0, 0.05) is 56.3 Å².